The normalized spacial score (nSPS) is 19.5. The molecule has 1 aliphatic heterocycles. The highest BCUT2D eigenvalue weighted by molar-refractivity contribution is 6.30. The molecule has 1 fully saturated rings. The van der Waals surface area contributed by atoms with Crippen molar-refractivity contribution in [1.82, 2.24) is 20.2 Å². The molecule has 1 saturated heterocycles. The minimum absolute atomic E-state index is 0.0354. The van der Waals surface area contributed by atoms with Crippen molar-refractivity contribution < 1.29 is 24.2 Å². The number of hydrogen-bond donors (Lipinski definition) is 4. The zero-order valence-corrected chi connectivity index (χ0v) is 17.0. The smallest absolute Gasteiger partial charge is 0.268 e. The second-order valence-corrected chi connectivity index (χ2v) is 7.90. The van der Waals surface area contributed by atoms with Crippen molar-refractivity contribution in [3.63, 3.8) is 0 Å². The molecule has 31 heavy (non-hydrogen) atoms. The SMILES string of the molecule is O=C(N[C@@H](Cc1ccc(F)cc1)C(=O)N1C[C@H](O)[C@@H](O)C1)c1cc2cc(Cl)ncc2[nH]1. The van der Waals surface area contributed by atoms with E-state index in [-0.39, 0.29) is 30.4 Å². The number of halogens is 2. The summed E-state index contributed by atoms with van der Waals surface area (Å²) in [6.07, 6.45) is -0.474. The van der Waals surface area contributed by atoms with Gasteiger partial charge in [-0.05, 0) is 29.8 Å². The Morgan fingerprint density at radius 2 is 1.90 bits per heavy atom. The third-order valence-electron chi connectivity index (χ3n) is 5.24. The number of nitrogens with zero attached hydrogens (tertiary/aromatic N) is 2. The molecule has 10 heteroatoms. The largest absolute Gasteiger partial charge is 0.388 e. The lowest BCUT2D eigenvalue weighted by molar-refractivity contribution is -0.132. The van der Waals surface area contributed by atoms with Crippen molar-refractivity contribution in [2.45, 2.75) is 24.7 Å². The van der Waals surface area contributed by atoms with Crippen molar-refractivity contribution in [3.8, 4) is 0 Å². The highest BCUT2D eigenvalue weighted by Gasteiger charge is 2.36. The van der Waals surface area contributed by atoms with Crippen LogP contribution in [-0.2, 0) is 11.2 Å². The average Bonchev–Trinajstić information content (AvgIpc) is 3.31. The number of pyridine rings is 1. The average molecular weight is 447 g/mol. The molecular weight excluding hydrogens is 427 g/mol. The Kier molecular flexibility index (Phi) is 5.90. The van der Waals surface area contributed by atoms with E-state index in [4.69, 9.17) is 11.6 Å². The van der Waals surface area contributed by atoms with Crippen molar-refractivity contribution in [3.05, 3.63) is 64.8 Å². The predicted octanol–water partition coefficient (Wildman–Crippen LogP) is 1.26. The van der Waals surface area contributed by atoms with Crippen molar-refractivity contribution in [2.24, 2.45) is 0 Å². The van der Waals surface area contributed by atoms with Gasteiger partial charge in [0, 0.05) is 24.9 Å². The number of β-amino-alcohol motifs (C(OH)–C–C–N with tert-alkyl or cyclic N) is 2. The zero-order valence-electron chi connectivity index (χ0n) is 16.3. The molecule has 8 nitrogen and oxygen atoms in total. The summed E-state index contributed by atoms with van der Waals surface area (Å²) in [7, 11) is 0. The van der Waals surface area contributed by atoms with Crippen LogP contribution in [0.1, 0.15) is 16.1 Å². The zero-order chi connectivity index (χ0) is 22.1. The van der Waals surface area contributed by atoms with Crippen LogP contribution in [0.25, 0.3) is 10.9 Å². The maximum atomic E-state index is 13.3. The Balaban J connectivity index is 1.57. The Labute approximate surface area is 181 Å². The lowest BCUT2D eigenvalue weighted by Crippen LogP contribution is -2.49. The van der Waals surface area contributed by atoms with Crippen LogP contribution in [0.4, 0.5) is 4.39 Å². The fourth-order valence-electron chi connectivity index (χ4n) is 3.59. The van der Waals surface area contributed by atoms with Gasteiger partial charge in [0.25, 0.3) is 5.91 Å². The summed E-state index contributed by atoms with van der Waals surface area (Å²) in [4.78, 5) is 34.1. The fourth-order valence-corrected chi connectivity index (χ4v) is 3.76. The van der Waals surface area contributed by atoms with Crippen molar-refractivity contribution >= 4 is 34.3 Å². The Bertz CT molecular complexity index is 1110. The van der Waals surface area contributed by atoms with Crippen molar-refractivity contribution in [2.75, 3.05) is 13.1 Å². The molecule has 162 valence electrons. The first-order chi connectivity index (χ1) is 14.8. The molecule has 3 aromatic rings. The Morgan fingerprint density at radius 1 is 1.23 bits per heavy atom. The van der Waals surface area contributed by atoms with Crippen LogP contribution in [0.15, 0.2) is 42.6 Å². The summed E-state index contributed by atoms with van der Waals surface area (Å²) >= 11 is 5.89. The number of rotatable bonds is 5. The molecule has 0 aliphatic carbocycles. The molecule has 4 N–H and O–H groups in total. The minimum Gasteiger partial charge on any atom is -0.388 e. The molecule has 4 rings (SSSR count). The van der Waals surface area contributed by atoms with E-state index in [1.165, 1.54) is 35.4 Å². The molecule has 0 unspecified atom stereocenters. The van der Waals surface area contributed by atoms with Gasteiger partial charge in [0.15, 0.2) is 0 Å². The summed E-state index contributed by atoms with van der Waals surface area (Å²) in [5, 5.41) is 23.3. The molecule has 0 saturated carbocycles. The van der Waals surface area contributed by atoms with Gasteiger partial charge < -0.3 is 25.4 Å². The first-order valence-corrected chi connectivity index (χ1v) is 10.0. The van der Waals surface area contributed by atoms with E-state index in [1.54, 1.807) is 12.1 Å². The lowest BCUT2D eigenvalue weighted by Gasteiger charge is -2.24. The number of H-pyrrole nitrogens is 1. The van der Waals surface area contributed by atoms with Gasteiger partial charge in [-0.3, -0.25) is 9.59 Å². The molecule has 3 atom stereocenters. The lowest BCUT2D eigenvalue weighted by atomic mass is 10.0. The number of benzene rings is 1. The van der Waals surface area contributed by atoms with E-state index in [1.807, 2.05) is 0 Å². The highest BCUT2D eigenvalue weighted by atomic mass is 35.5. The summed E-state index contributed by atoms with van der Waals surface area (Å²) in [6.45, 7) is -0.0707. The van der Waals surface area contributed by atoms with Crippen molar-refractivity contribution in [1.29, 1.82) is 0 Å². The number of fused-ring (bicyclic) bond motifs is 1. The minimum atomic E-state index is -1.04. The van der Waals surface area contributed by atoms with E-state index in [2.05, 4.69) is 15.3 Å². The number of carbonyl (C=O) groups is 2. The number of aromatic nitrogens is 2. The van der Waals surface area contributed by atoms with Crippen LogP contribution >= 0.6 is 11.6 Å². The van der Waals surface area contributed by atoms with Gasteiger partial charge in [-0.1, -0.05) is 23.7 Å². The topological polar surface area (TPSA) is 119 Å². The second kappa shape index (κ2) is 8.62. The van der Waals surface area contributed by atoms with Crippen LogP contribution in [0.3, 0.4) is 0 Å². The Hall–Kier alpha value is -3.01. The number of amides is 2. The number of hydrogen-bond acceptors (Lipinski definition) is 5. The number of aliphatic hydroxyl groups excluding tert-OH is 2. The van der Waals surface area contributed by atoms with Gasteiger partial charge in [-0.25, -0.2) is 9.37 Å². The number of aromatic amines is 1. The first-order valence-electron chi connectivity index (χ1n) is 9.64. The third-order valence-corrected chi connectivity index (χ3v) is 5.45. The first kappa shape index (κ1) is 21.2. The van der Waals surface area contributed by atoms with E-state index in [9.17, 15) is 24.2 Å². The summed E-state index contributed by atoms with van der Waals surface area (Å²) in [6, 6.07) is 7.84. The van der Waals surface area contributed by atoms with E-state index >= 15 is 0 Å². The van der Waals surface area contributed by atoms with Crippen LogP contribution in [0, 0.1) is 5.82 Å². The number of carbonyl (C=O) groups excluding carboxylic acids is 2. The van der Waals surface area contributed by atoms with Gasteiger partial charge in [0.2, 0.25) is 5.91 Å². The number of aliphatic hydroxyl groups is 2. The van der Waals surface area contributed by atoms with Gasteiger partial charge >= 0.3 is 0 Å². The van der Waals surface area contributed by atoms with E-state index < -0.39 is 35.9 Å². The quantitative estimate of drug-likeness (QED) is 0.440. The maximum Gasteiger partial charge on any atom is 0.268 e. The van der Waals surface area contributed by atoms with Crippen LogP contribution in [0.2, 0.25) is 5.15 Å². The molecule has 2 aromatic heterocycles. The van der Waals surface area contributed by atoms with Gasteiger partial charge in [-0.2, -0.15) is 0 Å². The fraction of sp³-hybridized carbons (Fsp3) is 0.286. The molecule has 3 heterocycles. The molecule has 0 spiro atoms. The third kappa shape index (κ3) is 4.68. The van der Waals surface area contributed by atoms with Gasteiger partial charge in [0.05, 0.1) is 23.9 Å². The standard InChI is InChI=1S/C21H20ClFN4O4/c22-19-7-12-6-14(25-16(12)8-24-19)20(30)26-15(5-11-1-3-13(23)4-2-11)21(31)27-9-17(28)18(29)10-27/h1-4,6-8,15,17-18,25,28-29H,5,9-10H2,(H,26,30)/t15-,17-,18-/m0/s1. The Morgan fingerprint density at radius 3 is 2.58 bits per heavy atom. The number of nitrogens with one attached hydrogen (secondary N) is 2. The molecule has 2 amide bonds. The van der Waals surface area contributed by atoms with Crippen LogP contribution in [-0.4, -0.2) is 68.2 Å². The van der Waals surface area contributed by atoms with E-state index in [0.29, 0.717) is 16.5 Å². The van der Waals surface area contributed by atoms with Crippen LogP contribution in [0.5, 0.6) is 0 Å². The van der Waals surface area contributed by atoms with Gasteiger partial charge in [-0.15, -0.1) is 0 Å². The van der Waals surface area contributed by atoms with E-state index in [0.717, 1.165) is 0 Å². The monoisotopic (exact) mass is 446 g/mol. The molecular formula is C21H20ClFN4O4. The number of likely N-dealkylation sites (tertiary alicyclic amines) is 1. The molecule has 0 bridgehead atoms. The molecule has 1 aliphatic rings. The van der Waals surface area contributed by atoms with Crippen LogP contribution < -0.4 is 5.32 Å². The highest BCUT2D eigenvalue weighted by Crippen LogP contribution is 2.19. The van der Waals surface area contributed by atoms with Gasteiger partial charge in [0.1, 0.15) is 22.7 Å². The summed E-state index contributed by atoms with van der Waals surface area (Å²) < 4.78 is 13.3. The summed E-state index contributed by atoms with van der Waals surface area (Å²) in [5.41, 5.74) is 1.48. The maximum absolute atomic E-state index is 13.3. The molecule has 0 radical (unpaired) electrons. The predicted molar refractivity (Wildman–Crippen MR) is 111 cm³/mol. The second-order valence-electron chi connectivity index (χ2n) is 7.51. The molecule has 1 aromatic carbocycles. The summed E-state index contributed by atoms with van der Waals surface area (Å²) in [5.74, 6) is -1.38.